The molecule has 0 fully saturated rings. The van der Waals surface area contributed by atoms with Crippen molar-refractivity contribution < 1.29 is 18.7 Å². The molecule has 6 nitrogen and oxygen atoms in total. The molecule has 1 N–H and O–H groups in total. The lowest BCUT2D eigenvalue weighted by Gasteiger charge is -2.01. The van der Waals surface area contributed by atoms with E-state index in [4.69, 9.17) is 4.42 Å². The molecular formula is C16H18N2O4. The van der Waals surface area contributed by atoms with Gasteiger partial charge in [-0.1, -0.05) is 30.3 Å². The number of hydrogen-bond acceptors (Lipinski definition) is 5. The number of methoxy groups -OCH3 is 1. The van der Waals surface area contributed by atoms with Gasteiger partial charge in [-0.25, -0.2) is 4.98 Å². The highest BCUT2D eigenvalue weighted by Gasteiger charge is 2.12. The van der Waals surface area contributed by atoms with Crippen molar-refractivity contribution in [1.82, 2.24) is 10.3 Å². The number of carbonyl (C=O) groups is 2. The van der Waals surface area contributed by atoms with E-state index < -0.39 is 5.97 Å². The predicted molar refractivity (Wildman–Crippen MR) is 79.8 cm³/mol. The van der Waals surface area contributed by atoms with E-state index in [1.807, 2.05) is 37.3 Å². The molecule has 2 rings (SSSR count). The first-order valence-electron chi connectivity index (χ1n) is 6.95. The van der Waals surface area contributed by atoms with E-state index in [0.29, 0.717) is 11.7 Å². The summed E-state index contributed by atoms with van der Waals surface area (Å²) in [6.45, 7) is 2.02. The zero-order chi connectivity index (χ0) is 15.9. The number of nitrogens with one attached hydrogen (secondary N) is 1. The van der Waals surface area contributed by atoms with Gasteiger partial charge in [0.25, 0.3) is 0 Å². The van der Waals surface area contributed by atoms with Crippen LogP contribution in [-0.4, -0.2) is 24.0 Å². The quantitative estimate of drug-likeness (QED) is 0.827. The number of esters is 1. The van der Waals surface area contributed by atoms with Crippen molar-refractivity contribution in [1.29, 1.82) is 0 Å². The average Bonchev–Trinajstić information content (AvgIpc) is 2.92. The van der Waals surface area contributed by atoms with Crippen molar-refractivity contribution in [2.45, 2.75) is 26.3 Å². The first-order chi connectivity index (χ1) is 10.6. The average molecular weight is 302 g/mol. The molecule has 0 unspecified atom stereocenters. The second-order valence-electron chi connectivity index (χ2n) is 4.73. The van der Waals surface area contributed by atoms with E-state index in [-0.39, 0.29) is 25.3 Å². The fraction of sp³-hybridized carbons (Fsp3) is 0.312. The summed E-state index contributed by atoms with van der Waals surface area (Å²) in [7, 11) is 1.29. The monoisotopic (exact) mass is 302 g/mol. The highest BCUT2D eigenvalue weighted by molar-refractivity contribution is 5.81. The third-order valence-corrected chi connectivity index (χ3v) is 3.11. The van der Waals surface area contributed by atoms with Crippen molar-refractivity contribution in [2.75, 3.05) is 7.11 Å². The van der Waals surface area contributed by atoms with Gasteiger partial charge >= 0.3 is 5.97 Å². The van der Waals surface area contributed by atoms with Crippen LogP contribution in [0.25, 0.3) is 11.3 Å². The number of ether oxygens (including phenoxy) is 1. The van der Waals surface area contributed by atoms with E-state index >= 15 is 0 Å². The maximum Gasteiger partial charge on any atom is 0.306 e. The fourth-order valence-electron chi connectivity index (χ4n) is 1.97. The largest absolute Gasteiger partial charge is 0.469 e. The molecule has 1 aromatic heterocycles. The summed E-state index contributed by atoms with van der Waals surface area (Å²) < 4.78 is 10.0. The van der Waals surface area contributed by atoms with Crippen LogP contribution >= 0.6 is 0 Å². The summed E-state index contributed by atoms with van der Waals surface area (Å²) in [6.07, 6.45) is 0.139. The van der Waals surface area contributed by atoms with Crippen molar-refractivity contribution in [3.8, 4) is 11.3 Å². The molecule has 0 bridgehead atoms. The number of nitrogens with zero attached hydrogens (tertiary/aromatic N) is 1. The number of aryl methyl sites for hydroxylation is 1. The Labute approximate surface area is 128 Å². The van der Waals surface area contributed by atoms with Gasteiger partial charge in [0.2, 0.25) is 11.8 Å². The molecule has 0 aliphatic rings. The predicted octanol–water partition coefficient (Wildman–Crippen LogP) is 2.22. The van der Waals surface area contributed by atoms with Crippen LogP contribution in [0.15, 0.2) is 34.7 Å². The van der Waals surface area contributed by atoms with Crippen molar-refractivity contribution in [3.63, 3.8) is 0 Å². The minimum atomic E-state index is -0.409. The summed E-state index contributed by atoms with van der Waals surface area (Å²) >= 11 is 0. The zero-order valence-electron chi connectivity index (χ0n) is 12.6. The maximum absolute atomic E-state index is 11.6. The molecule has 116 valence electrons. The molecular weight excluding hydrogens is 284 g/mol. The van der Waals surface area contributed by atoms with Gasteiger partial charge < -0.3 is 14.5 Å². The second-order valence-corrected chi connectivity index (χ2v) is 4.73. The smallest absolute Gasteiger partial charge is 0.306 e. The normalized spacial score (nSPS) is 10.3. The second kappa shape index (κ2) is 7.40. The fourth-order valence-corrected chi connectivity index (χ4v) is 1.97. The van der Waals surface area contributed by atoms with Gasteiger partial charge in [-0.15, -0.1) is 0 Å². The topological polar surface area (TPSA) is 81.4 Å². The van der Waals surface area contributed by atoms with E-state index in [0.717, 1.165) is 11.3 Å². The SMILES string of the molecule is COC(=O)CCC(=O)NCc1nc(-c2ccccc2)c(C)o1. The molecule has 1 aromatic carbocycles. The Hall–Kier alpha value is -2.63. The molecule has 1 heterocycles. The minimum Gasteiger partial charge on any atom is -0.469 e. The molecule has 0 saturated carbocycles. The molecule has 0 aliphatic carbocycles. The summed E-state index contributed by atoms with van der Waals surface area (Å²) in [5.41, 5.74) is 1.73. The van der Waals surface area contributed by atoms with Gasteiger partial charge in [0, 0.05) is 12.0 Å². The van der Waals surface area contributed by atoms with E-state index in [9.17, 15) is 9.59 Å². The number of benzene rings is 1. The Morgan fingerprint density at radius 1 is 1.23 bits per heavy atom. The Bertz CT molecular complexity index is 649. The maximum atomic E-state index is 11.6. The molecule has 2 aromatic rings. The first-order valence-corrected chi connectivity index (χ1v) is 6.95. The highest BCUT2D eigenvalue weighted by atomic mass is 16.5. The van der Waals surface area contributed by atoms with Crippen LogP contribution < -0.4 is 5.32 Å². The molecule has 1 amide bonds. The van der Waals surface area contributed by atoms with Gasteiger partial charge in [0.05, 0.1) is 20.1 Å². The van der Waals surface area contributed by atoms with Crippen LogP contribution in [0.4, 0.5) is 0 Å². The Balaban J connectivity index is 1.92. The summed E-state index contributed by atoms with van der Waals surface area (Å²) in [4.78, 5) is 27.0. The molecule has 22 heavy (non-hydrogen) atoms. The number of amides is 1. The first kappa shape index (κ1) is 15.8. The number of oxazole rings is 1. The number of carbonyl (C=O) groups excluding carboxylic acids is 2. The van der Waals surface area contributed by atoms with Gasteiger partial charge in [0.1, 0.15) is 11.5 Å². The van der Waals surface area contributed by atoms with Crippen molar-refractivity contribution in [2.24, 2.45) is 0 Å². The Kier molecular flexibility index (Phi) is 5.30. The lowest BCUT2D eigenvalue weighted by atomic mass is 10.1. The van der Waals surface area contributed by atoms with Gasteiger partial charge in [-0.2, -0.15) is 0 Å². The van der Waals surface area contributed by atoms with Crippen LogP contribution in [-0.2, 0) is 20.9 Å². The summed E-state index contributed by atoms with van der Waals surface area (Å²) in [6, 6.07) is 9.68. The van der Waals surface area contributed by atoms with E-state index in [2.05, 4.69) is 15.0 Å². The van der Waals surface area contributed by atoms with Gasteiger partial charge in [-0.05, 0) is 6.92 Å². The lowest BCUT2D eigenvalue weighted by molar-refractivity contribution is -0.142. The molecule has 0 atom stereocenters. The third-order valence-electron chi connectivity index (χ3n) is 3.11. The van der Waals surface area contributed by atoms with Crippen LogP contribution in [0, 0.1) is 6.92 Å². The molecule has 0 saturated heterocycles. The van der Waals surface area contributed by atoms with Crippen LogP contribution in [0.2, 0.25) is 0 Å². The van der Waals surface area contributed by atoms with E-state index in [1.165, 1.54) is 7.11 Å². The zero-order valence-corrected chi connectivity index (χ0v) is 12.6. The number of aromatic nitrogens is 1. The third kappa shape index (κ3) is 4.18. The molecule has 6 heteroatoms. The van der Waals surface area contributed by atoms with Crippen molar-refractivity contribution in [3.05, 3.63) is 42.0 Å². The Morgan fingerprint density at radius 2 is 1.95 bits per heavy atom. The number of rotatable bonds is 6. The van der Waals surface area contributed by atoms with Gasteiger partial charge in [0.15, 0.2) is 0 Å². The summed E-state index contributed by atoms with van der Waals surface area (Å²) in [5.74, 6) is 0.476. The van der Waals surface area contributed by atoms with Crippen LogP contribution in [0.1, 0.15) is 24.5 Å². The van der Waals surface area contributed by atoms with Crippen LogP contribution in [0.3, 0.4) is 0 Å². The molecule has 0 spiro atoms. The van der Waals surface area contributed by atoms with Crippen molar-refractivity contribution >= 4 is 11.9 Å². The Morgan fingerprint density at radius 3 is 2.64 bits per heavy atom. The highest BCUT2D eigenvalue weighted by Crippen LogP contribution is 2.22. The standard InChI is InChI=1S/C16H18N2O4/c1-11-16(12-6-4-3-5-7-12)18-14(22-11)10-17-13(19)8-9-15(20)21-2/h3-7H,8-10H2,1-2H3,(H,17,19). The number of hydrogen-bond donors (Lipinski definition) is 1. The molecule has 0 radical (unpaired) electrons. The van der Waals surface area contributed by atoms with Gasteiger partial charge in [-0.3, -0.25) is 9.59 Å². The van der Waals surface area contributed by atoms with Crippen LogP contribution in [0.5, 0.6) is 0 Å². The molecule has 0 aliphatic heterocycles. The summed E-state index contributed by atoms with van der Waals surface area (Å²) in [5, 5.41) is 2.67. The minimum absolute atomic E-state index is 0.0577. The lowest BCUT2D eigenvalue weighted by Crippen LogP contribution is -2.23. The van der Waals surface area contributed by atoms with E-state index in [1.54, 1.807) is 0 Å².